The summed E-state index contributed by atoms with van der Waals surface area (Å²) in [7, 11) is 0. The van der Waals surface area contributed by atoms with Crippen LogP contribution in [0.4, 0.5) is 0 Å². The Bertz CT molecular complexity index is 77.3. The number of hydrogen-bond acceptors (Lipinski definition) is 4. The maximum Gasteiger partial charge on any atom is 0.0383 e. The first-order valence-electron chi connectivity index (χ1n) is 2.82. The predicted molar refractivity (Wildman–Crippen MR) is 42.8 cm³/mol. The molecular weight excluding hydrogens is 366 g/mol. The van der Waals surface area contributed by atoms with Gasteiger partial charge in [-0.15, -0.1) is 0 Å². The van der Waals surface area contributed by atoms with E-state index in [0.717, 1.165) is 13.8 Å². The van der Waals surface area contributed by atoms with Crippen LogP contribution in [-0.4, -0.2) is 11.9 Å². The fraction of sp³-hybridized carbons (Fsp3) is 0.250. The first-order chi connectivity index (χ1) is 5.46. The summed E-state index contributed by atoms with van der Waals surface area (Å²) in [5.41, 5.74) is 0. The summed E-state index contributed by atoms with van der Waals surface area (Å²) in [4.78, 5) is 17.8. The van der Waals surface area contributed by atoms with Gasteiger partial charge >= 0.3 is 0 Å². The largest absolute Gasteiger partial charge is 0.550 e. The molecule has 0 spiro atoms. The molecule has 4 nitrogen and oxygen atoms in total. The van der Waals surface area contributed by atoms with Crippen molar-refractivity contribution >= 4 is 11.9 Å². The number of carbonyl (C=O) groups is 2. The second-order valence-corrected chi connectivity index (χ2v) is 0.983. The molecule has 0 aromatic rings. The summed E-state index contributed by atoms with van der Waals surface area (Å²) < 4.78 is 0. The van der Waals surface area contributed by atoms with Gasteiger partial charge in [-0.25, -0.2) is 0 Å². The summed E-state index contributed by atoms with van der Waals surface area (Å²) in [6.07, 6.45) is 0. The molecule has 0 heterocycles. The molecule has 6 radical (unpaired) electrons. The van der Waals surface area contributed by atoms with Gasteiger partial charge < -0.3 is 19.8 Å². The van der Waals surface area contributed by atoms with E-state index in [2.05, 4.69) is 27.7 Å². The van der Waals surface area contributed by atoms with E-state index < -0.39 is 11.9 Å². The standard InChI is InChI=1S/2C2H4O2.2C2H4.2Rh/c2*1-2(3)4;2*1-2;;/h2*1H3,(H,3,4);2*1-2H2;;/p-2. The van der Waals surface area contributed by atoms with Gasteiger partial charge in [0.1, 0.15) is 0 Å². The SMILES string of the molecule is CC(=O)[O-].CC(=O)[O-].[CH2][CH2].[CH2][CH2].[Rh].[Rh]. The van der Waals surface area contributed by atoms with Gasteiger partial charge in [-0.3, -0.25) is 0 Å². The van der Waals surface area contributed by atoms with E-state index in [9.17, 15) is 0 Å². The zero-order valence-corrected chi connectivity index (χ0v) is 11.4. The fourth-order valence-corrected chi connectivity index (χ4v) is 0. The Morgan fingerprint density at radius 3 is 0.786 bits per heavy atom. The van der Waals surface area contributed by atoms with Gasteiger partial charge in [0.2, 0.25) is 0 Å². The Kier molecular flexibility index (Phi) is 135. The van der Waals surface area contributed by atoms with Crippen molar-refractivity contribution in [2.24, 2.45) is 0 Å². The monoisotopic (exact) mass is 380 g/mol. The van der Waals surface area contributed by atoms with Crippen molar-refractivity contribution < 1.29 is 58.8 Å². The van der Waals surface area contributed by atoms with Crippen LogP contribution in [0.15, 0.2) is 0 Å². The first kappa shape index (κ1) is 36.8. The number of rotatable bonds is 0. The molecule has 0 unspecified atom stereocenters. The molecule has 0 atom stereocenters. The van der Waals surface area contributed by atoms with Crippen LogP contribution in [0.1, 0.15) is 13.8 Å². The molecular formula is C8H14O4Rh2-2. The number of aliphatic carboxylic acids is 2. The molecule has 0 N–H and O–H groups in total. The molecule has 0 aliphatic heterocycles. The van der Waals surface area contributed by atoms with Crippen LogP contribution in [0.2, 0.25) is 0 Å². The molecule has 0 fully saturated rings. The summed E-state index contributed by atoms with van der Waals surface area (Å²) in [5.74, 6) is -2.17. The molecule has 0 aliphatic rings. The molecule has 0 aliphatic carbocycles. The van der Waals surface area contributed by atoms with Gasteiger partial charge in [-0.1, -0.05) is 27.7 Å². The molecule has 0 aromatic carbocycles. The van der Waals surface area contributed by atoms with Gasteiger partial charge in [-0.2, -0.15) is 0 Å². The van der Waals surface area contributed by atoms with E-state index >= 15 is 0 Å². The van der Waals surface area contributed by atoms with Gasteiger partial charge in [0.15, 0.2) is 0 Å². The Labute approximate surface area is 112 Å². The van der Waals surface area contributed by atoms with Crippen molar-refractivity contribution in [3.8, 4) is 0 Å². The summed E-state index contributed by atoms with van der Waals surface area (Å²) in [6, 6.07) is 0. The zero-order chi connectivity index (χ0) is 11.2. The molecule has 0 amide bonds. The van der Waals surface area contributed by atoms with Crippen LogP contribution in [0.5, 0.6) is 0 Å². The minimum atomic E-state index is -1.08. The van der Waals surface area contributed by atoms with Crippen molar-refractivity contribution in [3.63, 3.8) is 0 Å². The van der Waals surface area contributed by atoms with Gasteiger partial charge in [0.25, 0.3) is 0 Å². The Hall–Kier alpha value is 0.187. The average molecular weight is 380 g/mol. The third-order valence-electron chi connectivity index (χ3n) is 0. The Morgan fingerprint density at radius 1 is 0.786 bits per heavy atom. The van der Waals surface area contributed by atoms with Crippen molar-refractivity contribution in [2.75, 3.05) is 0 Å². The number of hydrogen-bond donors (Lipinski definition) is 0. The van der Waals surface area contributed by atoms with E-state index in [-0.39, 0.29) is 39.0 Å². The average Bonchev–Trinajstić information content (AvgIpc) is 1.93. The second-order valence-electron chi connectivity index (χ2n) is 0.983. The molecule has 90 valence electrons. The van der Waals surface area contributed by atoms with E-state index in [1.807, 2.05) is 0 Å². The summed E-state index contributed by atoms with van der Waals surface area (Å²) >= 11 is 0. The Balaban J connectivity index is -0.0000000153. The van der Waals surface area contributed by atoms with Crippen molar-refractivity contribution in [1.29, 1.82) is 0 Å². The number of carboxylic acids is 2. The molecule has 6 heteroatoms. The van der Waals surface area contributed by atoms with Crippen LogP contribution < -0.4 is 10.2 Å². The second kappa shape index (κ2) is 51.2. The summed E-state index contributed by atoms with van der Waals surface area (Å²) in [5, 5.41) is 17.8. The quantitative estimate of drug-likeness (QED) is 0.496. The normalized spacial score (nSPS) is 4.43. The summed E-state index contributed by atoms with van der Waals surface area (Å²) in [6.45, 7) is 13.9. The zero-order valence-electron chi connectivity index (χ0n) is 8.13. The van der Waals surface area contributed by atoms with E-state index in [1.54, 1.807) is 0 Å². The van der Waals surface area contributed by atoms with Crippen LogP contribution in [0.3, 0.4) is 0 Å². The molecule has 14 heavy (non-hydrogen) atoms. The fourth-order valence-electron chi connectivity index (χ4n) is 0. The smallest absolute Gasteiger partial charge is 0.0383 e. The first-order valence-corrected chi connectivity index (χ1v) is 2.82. The molecule has 0 saturated heterocycles. The Morgan fingerprint density at radius 2 is 0.786 bits per heavy atom. The molecule has 0 aromatic heterocycles. The van der Waals surface area contributed by atoms with Crippen molar-refractivity contribution in [2.45, 2.75) is 13.8 Å². The maximum atomic E-state index is 8.89. The van der Waals surface area contributed by atoms with Crippen LogP contribution >= 0.6 is 0 Å². The number of carboxylic acid groups (broad SMARTS) is 2. The molecule has 0 rings (SSSR count). The third-order valence-corrected chi connectivity index (χ3v) is 0. The minimum absolute atomic E-state index is 0. The molecule has 0 saturated carbocycles. The van der Waals surface area contributed by atoms with Crippen LogP contribution in [0, 0.1) is 27.7 Å². The number of carbonyl (C=O) groups excluding carboxylic acids is 2. The predicted octanol–water partition coefficient (Wildman–Crippen LogP) is -1.18. The van der Waals surface area contributed by atoms with Gasteiger partial charge in [0, 0.05) is 50.9 Å². The topological polar surface area (TPSA) is 80.3 Å². The van der Waals surface area contributed by atoms with Crippen molar-refractivity contribution in [3.05, 3.63) is 27.7 Å². The van der Waals surface area contributed by atoms with Gasteiger partial charge in [-0.05, 0) is 13.8 Å². The van der Waals surface area contributed by atoms with E-state index in [0.29, 0.717) is 0 Å². The maximum absolute atomic E-state index is 8.89. The van der Waals surface area contributed by atoms with E-state index in [4.69, 9.17) is 19.8 Å². The minimum Gasteiger partial charge on any atom is -0.550 e. The third kappa shape index (κ3) is 43700. The van der Waals surface area contributed by atoms with Crippen LogP contribution in [0.25, 0.3) is 0 Å². The molecule has 0 bridgehead atoms. The van der Waals surface area contributed by atoms with Gasteiger partial charge in [0.05, 0.1) is 0 Å². The van der Waals surface area contributed by atoms with Crippen LogP contribution in [-0.2, 0) is 48.5 Å². The van der Waals surface area contributed by atoms with Crippen molar-refractivity contribution in [1.82, 2.24) is 0 Å². The van der Waals surface area contributed by atoms with E-state index in [1.165, 1.54) is 0 Å².